The van der Waals surface area contributed by atoms with Crippen LogP contribution >= 0.6 is 0 Å². The standard InChI is InChI=1S/C23H22N2O5/c1-14-5-4-6-17(11-14)25-15(2)21(23(28)29-3)19(22(25)27)12-16-7-9-18(10-8-16)30-13-20(24)26/h4-12H,13H2,1-3H3,(H2,24,26). The summed E-state index contributed by atoms with van der Waals surface area (Å²) in [6.07, 6.45) is 1.63. The first kappa shape index (κ1) is 20.9. The highest BCUT2D eigenvalue weighted by atomic mass is 16.5. The fraction of sp³-hybridized carbons (Fsp3) is 0.174. The van der Waals surface area contributed by atoms with Crippen LogP contribution in [-0.2, 0) is 19.1 Å². The largest absolute Gasteiger partial charge is 0.484 e. The van der Waals surface area contributed by atoms with Gasteiger partial charge in [0.05, 0.1) is 18.3 Å². The molecule has 0 unspecified atom stereocenters. The summed E-state index contributed by atoms with van der Waals surface area (Å²) in [6.45, 7) is 3.43. The molecule has 1 heterocycles. The Hall–Kier alpha value is -3.87. The zero-order valence-electron chi connectivity index (χ0n) is 17.0. The Morgan fingerprint density at radius 2 is 1.80 bits per heavy atom. The molecule has 0 atom stereocenters. The maximum absolute atomic E-state index is 13.2. The summed E-state index contributed by atoms with van der Waals surface area (Å²) >= 11 is 0. The van der Waals surface area contributed by atoms with E-state index in [1.54, 1.807) is 37.3 Å². The van der Waals surface area contributed by atoms with Crippen LogP contribution in [-0.4, -0.2) is 31.5 Å². The number of methoxy groups -OCH3 is 1. The number of amides is 2. The predicted molar refractivity (Wildman–Crippen MR) is 112 cm³/mol. The summed E-state index contributed by atoms with van der Waals surface area (Å²) in [5, 5.41) is 0. The lowest BCUT2D eigenvalue weighted by molar-refractivity contribution is -0.136. The molecule has 7 nitrogen and oxygen atoms in total. The topological polar surface area (TPSA) is 98.9 Å². The molecule has 30 heavy (non-hydrogen) atoms. The van der Waals surface area contributed by atoms with Crippen molar-refractivity contribution in [1.29, 1.82) is 0 Å². The Kier molecular flexibility index (Phi) is 6.01. The van der Waals surface area contributed by atoms with Gasteiger partial charge in [-0.15, -0.1) is 0 Å². The van der Waals surface area contributed by atoms with Crippen LogP contribution in [0.3, 0.4) is 0 Å². The molecule has 0 aromatic heterocycles. The number of benzene rings is 2. The van der Waals surface area contributed by atoms with Gasteiger partial charge in [0.1, 0.15) is 5.75 Å². The molecule has 2 aromatic rings. The van der Waals surface area contributed by atoms with E-state index in [0.29, 0.717) is 22.7 Å². The maximum Gasteiger partial charge on any atom is 0.340 e. The molecule has 1 aliphatic heterocycles. The van der Waals surface area contributed by atoms with Crippen molar-refractivity contribution >= 4 is 29.5 Å². The first-order chi connectivity index (χ1) is 14.3. The average Bonchev–Trinajstić information content (AvgIpc) is 2.96. The molecule has 0 saturated carbocycles. The van der Waals surface area contributed by atoms with Gasteiger partial charge < -0.3 is 15.2 Å². The van der Waals surface area contributed by atoms with E-state index in [9.17, 15) is 14.4 Å². The number of carbonyl (C=O) groups is 3. The first-order valence-electron chi connectivity index (χ1n) is 9.25. The Labute approximate surface area is 174 Å². The van der Waals surface area contributed by atoms with Crippen molar-refractivity contribution < 1.29 is 23.9 Å². The summed E-state index contributed by atoms with van der Waals surface area (Å²) in [7, 11) is 1.28. The predicted octanol–water partition coefficient (Wildman–Crippen LogP) is 2.74. The van der Waals surface area contributed by atoms with Gasteiger partial charge in [0.15, 0.2) is 6.61 Å². The number of nitrogens with zero attached hydrogens (tertiary/aromatic N) is 1. The fourth-order valence-corrected chi connectivity index (χ4v) is 3.24. The lowest BCUT2D eigenvalue weighted by atomic mass is 10.0. The molecule has 154 valence electrons. The van der Waals surface area contributed by atoms with Gasteiger partial charge >= 0.3 is 5.97 Å². The molecular weight excluding hydrogens is 384 g/mol. The smallest absolute Gasteiger partial charge is 0.340 e. The minimum atomic E-state index is -0.580. The number of nitrogens with two attached hydrogens (primary N) is 1. The minimum Gasteiger partial charge on any atom is -0.484 e. The summed E-state index contributed by atoms with van der Waals surface area (Å²) in [5.41, 5.74) is 8.40. The zero-order chi connectivity index (χ0) is 21.8. The molecule has 0 aliphatic carbocycles. The van der Waals surface area contributed by atoms with Gasteiger partial charge in [-0.3, -0.25) is 14.5 Å². The Morgan fingerprint density at radius 3 is 2.40 bits per heavy atom. The molecule has 0 bridgehead atoms. The van der Waals surface area contributed by atoms with Crippen LogP contribution in [0, 0.1) is 6.92 Å². The third-order valence-electron chi connectivity index (χ3n) is 4.62. The minimum absolute atomic E-state index is 0.220. The summed E-state index contributed by atoms with van der Waals surface area (Å²) in [4.78, 5) is 38.0. The van der Waals surface area contributed by atoms with Crippen molar-refractivity contribution in [3.05, 3.63) is 76.5 Å². The van der Waals surface area contributed by atoms with Gasteiger partial charge in [0.2, 0.25) is 0 Å². The first-order valence-corrected chi connectivity index (χ1v) is 9.25. The van der Waals surface area contributed by atoms with E-state index in [4.69, 9.17) is 15.2 Å². The van der Waals surface area contributed by atoms with Gasteiger partial charge in [-0.05, 0) is 55.3 Å². The van der Waals surface area contributed by atoms with Crippen molar-refractivity contribution in [2.45, 2.75) is 13.8 Å². The van der Waals surface area contributed by atoms with Gasteiger partial charge in [0.25, 0.3) is 11.8 Å². The number of carbonyl (C=O) groups excluding carboxylic acids is 3. The lowest BCUT2D eigenvalue weighted by Gasteiger charge is -2.18. The SMILES string of the molecule is COC(=O)C1=C(C)N(c2cccc(C)c2)C(=O)C1=Cc1ccc(OCC(N)=O)cc1. The monoisotopic (exact) mass is 406 g/mol. The molecule has 2 N–H and O–H groups in total. The maximum atomic E-state index is 13.2. The molecule has 2 amide bonds. The number of aryl methyl sites for hydroxylation is 1. The molecule has 0 spiro atoms. The Morgan fingerprint density at radius 1 is 1.10 bits per heavy atom. The summed E-state index contributed by atoms with van der Waals surface area (Å²) in [5.74, 6) is -0.997. The number of esters is 1. The highest BCUT2D eigenvalue weighted by Crippen LogP contribution is 2.35. The second kappa shape index (κ2) is 8.65. The van der Waals surface area contributed by atoms with Crippen molar-refractivity contribution in [2.75, 3.05) is 18.6 Å². The lowest BCUT2D eigenvalue weighted by Crippen LogP contribution is -2.24. The van der Waals surface area contributed by atoms with E-state index in [0.717, 1.165) is 5.56 Å². The molecule has 0 radical (unpaired) electrons. The number of ether oxygens (including phenoxy) is 2. The van der Waals surface area contributed by atoms with Crippen LogP contribution in [0.5, 0.6) is 5.75 Å². The van der Waals surface area contributed by atoms with Crippen LogP contribution in [0.15, 0.2) is 65.4 Å². The van der Waals surface area contributed by atoms with E-state index in [1.807, 2.05) is 31.2 Å². The number of anilines is 1. The van der Waals surface area contributed by atoms with E-state index < -0.39 is 11.9 Å². The number of hydrogen-bond donors (Lipinski definition) is 1. The number of hydrogen-bond acceptors (Lipinski definition) is 5. The number of rotatable bonds is 6. The van der Waals surface area contributed by atoms with Crippen LogP contribution in [0.2, 0.25) is 0 Å². The van der Waals surface area contributed by atoms with E-state index in [2.05, 4.69) is 0 Å². The number of primary amides is 1. The average molecular weight is 406 g/mol. The van der Waals surface area contributed by atoms with Crippen LogP contribution < -0.4 is 15.4 Å². The second-order valence-corrected chi connectivity index (χ2v) is 6.81. The third-order valence-corrected chi connectivity index (χ3v) is 4.62. The quantitative estimate of drug-likeness (QED) is 0.587. The fourth-order valence-electron chi connectivity index (χ4n) is 3.24. The van der Waals surface area contributed by atoms with Gasteiger partial charge in [0, 0.05) is 11.4 Å². The van der Waals surface area contributed by atoms with Crippen molar-refractivity contribution in [1.82, 2.24) is 0 Å². The van der Waals surface area contributed by atoms with Crippen LogP contribution in [0.4, 0.5) is 5.69 Å². The zero-order valence-corrected chi connectivity index (χ0v) is 17.0. The van der Waals surface area contributed by atoms with Crippen molar-refractivity contribution in [3.63, 3.8) is 0 Å². The third kappa shape index (κ3) is 4.25. The molecule has 0 fully saturated rings. The van der Waals surface area contributed by atoms with Crippen molar-refractivity contribution in [2.24, 2.45) is 5.73 Å². The highest BCUT2D eigenvalue weighted by molar-refractivity contribution is 6.23. The van der Waals surface area contributed by atoms with Gasteiger partial charge in [-0.1, -0.05) is 24.3 Å². The molecular formula is C23H22N2O5. The van der Waals surface area contributed by atoms with Crippen molar-refractivity contribution in [3.8, 4) is 5.75 Å². The number of allylic oxidation sites excluding steroid dienone is 1. The van der Waals surface area contributed by atoms with Gasteiger partial charge in [-0.25, -0.2) is 4.79 Å². The molecule has 0 saturated heterocycles. The summed E-state index contributed by atoms with van der Waals surface area (Å²) in [6, 6.07) is 14.2. The normalized spacial score (nSPS) is 15.0. The van der Waals surface area contributed by atoms with E-state index in [1.165, 1.54) is 12.0 Å². The molecule has 2 aromatic carbocycles. The van der Waals surface area contributed by atoms with E-state index >= 15 is 0 Å². The summed E-state index contributed by atoms with van der Waals surface area (Å²) < 4.78 is 10.2. The molecule has 3 rings (SSSR count). The highest BCUT2D eigenvalue weighted by Gasteiger charge is 2.37. The Balaban J connectivity index is 1.99. The van der Waals surface area contributed by atoms with Crippen LogP contribution in [0.1, 0.15) is 18.1 Å². The molecule has 1 aliphatic rings. The van der Waals surface area contributed by atoms with Gasteiger partial charge in [-0.2, -0.15) is 0 Å². The van der Waals surface area contributed by atoms with E-state index in [-0.39, 0.29) is 23.7 Å². The molecule has 7 heteroatoms. The van der Waals surface area contributed by atoms with Crippen LogP contribution in [0.25, 0.3) is 6.08 Å². The Bertz CT molecular complexity index is 1070. The second-order valence-electron chi connectivity index (χ2n) is 6.81.